The van der Waals surface area contributed by atoms with Crippen LogP contribution in [0.25, 0.3) is 0 Å². The number of hydrogen-bond acceptors (Lipinski definition) is 2. The van der Waals surface area contributed by atoms with Crippen molar-refractivity contribution in [3.05, 3.63) is 65.2 Å². The molecule has 0 saturated carbocycles. The highest BCUT2D eigenvalue weighted by molar-refractivity contribution is 5.26. The zero-order chi connectivity index (χ0) is 12.1. The Bertz CT molecular complexity index is 477. The Labute approximate surface area is 102 Å². The standard InChI is InChI=1S/C15H17NO/c1-12-3-2-4-14(9-12)11-16-10-13-5-7-15(17)8-6-13/h2-9,16-17H,10-11H2,1H3. The molecule has 2 heteroatoms. The van der Waals surface area contributed by atoms with Crippen molar-refractivity contribution in [1.82, 2.24) is 5.32 Å². The highest BCUT2D eigenvalue weighted by Crippen LogP contribution is 2.09. The van der Waals surface area contributed by atoms with Gasteiger partial charge in [-0.1, -0.05) is 42.0 Å². The molecule has 0 heterocycles. The lowest BCUT2D eigenvalue weighted by molar-refractivity contribution is 0.475. The van der Waals surface area contributed by atoms with Crippen molar-refractivity contribution in [3.63, 3.8) is 0 Å². The molecule has 2 N–H and O–H groups in total. The van der Waals surface area contributed by atoms with Gasteiger partial charge >= 0.3 is 0 Å². The molecule has 2 aromatic carbocycles. The molecule has 0 bridgehead atoms. The highest BCUT2D eigenvalue weighted by Gasteiger charge is 1.95. The van der Waals surface area contributed by atoms with Crippen LogP contribution in [0.4, 0.5) is 0 Å². The van der Waals surface area contributed by atoms with Crippen LogP contribution in [0.5, 0.6) is 5.75 Å². The molecule has 0 aliphatic rings. The topological polar surface area (TPSA) is 32.3 Å². The molecule has 0 amide bonds. The molecular weight excluding hydrogens is 210 g/mol. The van der Waals surface area contributed by atoms with Crippen LogP contribution in [0.15, 0.2) is 48.5 Å². The predicted molar refractivity (Wildman–Crippen MR) is 69.8 cm³/mol. The molecule has 0 aliphatic carbocycles. The first kappa shape index (κ1) is 11.7. The quantitative estimate of drug-likeness (QED) is 0.841. The monoisotopic (exact) mass is 227 g/mol. The van der Waals surface area contributed by atoms with Crippen LogP contribution in [0.1, 0.15) is 16.7 Å². The first-order chi connectivity index (χ1) is 8.24. The van der Waals surface area contributed by atoms with Gasteiger partial charge in [-0.15, -0.1) is 0 Å². The summed E-state index contributed by atoms with van der Waals surface area (Å²) in [5, 5.41) is 12.6. The van der Waals surface area contributed by atoms with Gasteiger partial charge in [-0.05, 0) is 30.2 Å². The van der Waals surface area contributed by atoms with Crippen LogP contribution >= 0.6 is 0 Å². The maximum absolute atomic E-state index is 9.17. The molecule has 0 radical (unpaired) electrons. The van der Waals surface area contributed by atoms with Crippen molar-refractivity contribution in [2.24, 2.45) is 0 Å². The molecule has 0 spiro atoms. The van der Waals surface area contributed by atoms with Gasteiger partial charge in [0.2, 0.25) is 0 Å². The van der Waals surface area contributed by atoms with Crippen molar-refractivity contribution < 1.29 is 5.11 Å². The Morgan fingerprint density at radius 1 is 0.941 bits per heavy atom. The summed E-state index contributed by atoms with van der Waals surface area (Å²) in [6, 6.07) is 15.8. The van der Waals surface area contributed by atoms with E-state index < -0.39 is 0 Å². The first-order valence-corrected chi connectivity index (χ1v) is 5.78. The number of benzene rings is 2. The van der Waals surface area contributed by atoms with E-state index in [-0.39, 0.29) is 0 Å². The average molecular weight is 227 g/mol. The number of phenolic OH excluding ortho intramolecular Hbond substituents is 1. The van der Waals surface area contributed by atoms with Crippen LogP contribution in [-0.4, -0.2) is 5.11 Å². The third kappa shape index (κ3) is 3.61. The largest absolute Gasteiger partial charge is 0.508 e. The highest BCUT2D eigenvalue weighted by atomic mass is 16.3. The van der Waals surface area contributed by atoms with Gasteiger partial charge in [-0.2, -0.15) is 0 Å². The Hall–Kier alpha value is -1.80. The van der Waals surface area contributed by atoms with E-state index in [2.05, 4.69) is 36.5 Å². The normalized spacial score (nSPS) is 10.4. The molecule has 0 aliphatic heterocycles. The van der Waals surface area contributed by atoms with Crippen LogP contribution < -0.4 is 5.32 Å². The van der Waals surface area contributed by atoms with Gasteiger partial charge < -0.3 is 10.4 Å². The van der Waals surface area contributed by atoms with Gasteiger partial charge in [0.1, 0.15) is 5.75 Å². The molecule has 0 atom stereocenters. The molecule has 2 aromatic rings. The van der Waals surface area contributed by atoms with E-state index in [1.165, 1.54) is 16.7 Å². The summed E-state index contributed by atoms with van der Waals surface area (Å²) in [7, 11) is 0. The summed E-state index contributed by atoms with van der Waals surface area (Å²) < 4.78 is 0. The number of aryl methyl sites for hydroxylation is 1. The molecule has 0 saturated heterocycles. The molecule has 2 rings (SSSR count). The van der Waals surface area contributed by atoms with E-state index in [9.17, 15) is 5.11 Å². The van der Waals surface area contributed by atoms with E-state index in [0.717, 1.165) is 13.1 Å². The molecular formula is C15H17NO. The van der Waals surface area contributed by atoms with Crippen molar-refractivity contribution in [1.29, 1.82) is 0 Å². The van der Waals surface area contributed by atoms with E-state index in [4.69, 9.17) is 0 Å². The third-order valence-corrected chi connectivity index (χ3v) is 2.68. The molecule has 88 valence electrons. The van der Waals surface area contributed by atoms with Crippen molar-refractivity contribution in [2.75, 3.05) is 0 Å². The fraction of sp³-hybridized carbons (Fsp3) is 0.200. The lowest BCUT2D eigenvalue weighted by Gasteiger charge is -2.06. The number of rotatable bonds is 4. The second-order valence-electron chi connectivity index (χ2n) is 4.26. The molecule has 0 aromatic heterocycles. The number of hydrogen-bond donors (Lipinski definition) is 2. The zero-order valence-corrected chi connectivity index (χ0v) is 9.98. The molecule has 0 fully saturated rings. The summed E-state index contributed by atoms with van der Waals surface area (Å²) in [6.07, 6.45) is 0. The predicted octanol–water partition coefficient (Wildman–Crippen LogP) is 2.99. The average Bonchev–Trinajstić information content (AvgIpc) is 2.32. The lowest BCUT2D eigenvalue weighted by Crippen LogP contribution is -2.12. The maximum atomic E-state index is 9.17. The number of aromatic hydroxyl groups is 1. The molecule has 17 heavy (non-hydrogen) atoms. The van der Waals surface area contributed by atoms with Gasteiger partial charge in [0, 0.05) is 13.1 Å². The third-order valence-electron chi connectivity index (χ3n) is 2.68. The van der Waals surface area contributed by atoms with Gasteiger partial charge in [0.25, 0.3) is 0 Å². The van der Waals surface area contributed by atoms with Gasteiger partial charge in [0.15, 0.2) is 0 Å². The fourth-order valence-electron chi connectivity index (χ4n) is 1.79. The maximum Gasteiger partial charge on any atom is 0.115 e. The fourth-order valence-corrected chi connectivity index (χ4v) is 1.79. The van der Waals surface area contributed by atoms with E-state index in [0.29, 0.717) is 5.75 Å². The zero-order valence-electron chi connectivity index (χ0n) is 9.98. The van der Waals surface area contributed by atoms with Crippen molar-refractivity contribution in [2.45, 2.75) is 20.0 Å². The van der Waals surface area contributed by atoms with E-state index in [1.807, 2.05) is 12.1 Å². The van der Waals surface area contributed by atoms with Crippen molar-refractivity contribution >= 4 is 0 Å². The summed E-state index contributed by atoms with van der Waals surface area (Å²) in [5.74, 6) is 0.312. The minimum Gasteiger partial charge on any atom is -0.508 e. The Balaban J connectivity index is 1.85. The number of phenols is 1. The SMILES string of the molecule is Cc1cccc(CNCc2ccc(O)cc2)c1. The summed E-state index contributed by atoms with van der Waals surface area (Å²) in [6.45, 7) is 3.78. The number of nitrogens with one attached hydrogen (secondary N) is 1. The Morgan fingerprint density at radius 2 is 1.65 bits per heavy atom. The first-order valence-electron chi connectivity index (χ1n) is 5.78. The van der Waals surface area contributed by atoms with Crippen LogP contribution in [0.2, 0.25) is 0 Å². The summed E-state index contributed by atoms with van der Waals surface area (Å²) in [4.78, 5) is 0. The van der Waals surface area contributed by atoms with Gasteiger partial charge in [-0.25, -0.2) is 0 Å². The Kier molecular flexibility index (Phi) is 3.78. The summed E-state index contributed by atoms with van der Waals surface area (Å²) >= 11 is 0. The smallest absolute Gasteiger partial charge is 0.115 e. The van der Waals surface area contributed by atoms with Crippen LogP contribution in [-0.2, 0) is 13.1 Å². The minimum atomic E-state index is 0.312. The van der Waals surface area contributed by atoms with E-state index in [1.54, 1.807) is 12.1 Å². The van der Waals surface area contributed by atoms with Gasteiger partial charge in [0.05, 0.1) is 0 Å². The van der Waals surface area contributed by atoms with Crippen molar-refractivity contribution in [3.8, 4) is 5.75 Å². The summed E-state index contributed by atoms with van der Waals surface area (Å²) in [5.41, 5.74) is 3.76. The second kappa shape index (κ2) is 5.51. The van der Waals surface area contributed by atoms with Crippen LogP contribution in [0.3, 0.4) is 0 Å². The molecule has 2 nitrogen and oxygen atoms in total. The minimum absolute atomic E-state index is 0.312. The van der Waals surface area contributed by atoms with Crippen LogP contribution in [0, 0.1) is 6.92 Å². The lowest BCUT2D eigenvalue weighted by atomic mass is 10.1. The Morgan fingerprint density at radius 3 is 2.35 bits per heavy atom. The molecule has 0 unspecified atom stereocenters. The van der Waals surface area contributed by atoms with E-state index >= 15 is 0 Å². The van der Waals surface area contributed by atoms with Gasteiger partial charge in [-0.3, -0.25) is 0 Å². The second-order valence-corrected chi connectivity index (χ2v) is 4.26.